The first kappa shape index (κ1) is 9.83. The highest BCUT2D eigenvalue weighted by Gasteiger charge is 2.02. The molecule has 0 atom stereocenters. The van der Waals surface area contributed by atoms with E-state index in [2.05, 4.69) is 0 Å². The van der Waals surface area contributed by atoms with Gasteiger partial charge in [0, 0.05) is 12.1 Å². The SMILES string of the molecule is N#CC(C#N)=C(N)Cc1ccccc1. The maximum atomic E-state index is 8.56. The van der Waals surface area contributed by atoms with Gasteiger partial charge in [0.25, 0.3) is 0 Å². The summed E-state index contributed by atoms with van der Waals surface area (Å²) in [5.41, 5.74) is 6.91. The van der Waals surface area contributed by atoms with Crippen LogP contribution in [0.3, 0.4) is 0 Å². The maximum Gasteiger partial charge on any atom is 0.148 e. The summed E-state index contributed by atoms with van der Waals surface area (Å²) in [4.78, 5) is 0. The Kier molecular flexibility index (Phi) is 3.29. The fourth-order valence-electron chi connectivity index (χ4n) is 1.07. The van der Waals surface area contributed by atoms with Crippen LogP contribution in [-0.2, 0) is 6.42 Å². The minimum absolute atomic E-state index is 0.00569. The van der Waals surface area contributed by atoms with Crippen molar-refractivity contribution in [3.8, 4) is 12.1 Å². The van der Waals surface area contributed by atoms with Gasteiger partial charge in [0.05, 0.1) is 0 Å². The number of nitrogens with zero attached hydrogens (tertiary/aromatic N) is 2. The van der Waals surface area contributed by atoms with Crippen molar-refractivity contribution >= 4 is 0 Å². The van der Waals surface area contributed by atoms with E-state index in [0.717, 1.165) is 5.56 Å². The number of nitrogens with two attached hydrogens (primary N) is 1. The van der Waals surface area contributed by atoms with E-state index in [1.807, 2.05) is 30.3 Å². The largest absolute Gasteiger partial charge is 0.400 e. The Labute approximate surface area is 82.7 Å². The molecule has 1 rings (SSSR count). The van der Waals surface area contributed by atoms with Crippen molar-refractivity contribution in [3.63, 3.8) is 0 Å². The Hall–Kier alpha value is -2.26. The minimum atomic E-state index is -0.00569. The van der Waals surface area contributed by atoms with Gasteiger partial charge in [-0.3, -0.25) is 0 Å². The molecule has 0 aromatic heterocycles. The van der Waals surface area contributed by atoms with Crippen LogP contribution in [-0.4, -0.2) is 0 Å². The van der Waals surface area contributed by atoms with Crippen molar-refractivity contribution in [1.82, 2.24) is 0 Å². The molecule has 0 amide bonds. The second-order valence-corrected chi connectivity index (χ2v) is 2.79. The summed E-state index contributed by atoms with van der Waals surface area (Å²) in [6.45, 7) is 0. The highest BCUT2D eigenvalue weighted by atomic mass is 14.6. The van der Waals surface area contributed by atoms with Gasteiger partial charge in [-0.15, -0.1) is 0 Å². The van der Waals surface area contributed by atoms with Crippen LogP contribution in [0.4, 0.5) is 0 Å². The van der Waals surface area contributed by atoms with Crippen molar-refractivity contribution in [1.29, 1.82) is 10.5 Å². The molecular formula is C11H9N3. The van der Waals surface area contributed by atoms with Gasteiger partial charge in [0.1, 0.15) is 17.7 Å². The van der Waals surface area contributed by atoms with Gasteiger partial charge in [-0.1, -0.05) is 30.3 Å². The summed E-state index contributed by atoms with van der Waals surface area (Å²) in [5, 5.41) is 17.1. The zero-order chi connectivity index (χ0) is 10.4. The normalized spacial score (nSPS) is 8.43. The summed E-state index contributed by atoms with van der Waals surface area (Å²) in [6, 6.07) is 13.0. The molecule has 2 N–H and O–H groups in total. The minimum Gasteiger partial charge on any atom is -0.400 e. The van der Waals surface area contributed by atoms with Crippen LogP contribution in [0.5, 0.6) is 0 Å². The van der Waals surface area contributed by atoms with E-state index >= 15 is 0 Å². The second-order valence-electron chi connectivity index (χ2n) is 2.79. The molecule has 0 radical (unpaired) electrons. The molecule has 0 unspecified atom stereocenters. The summed E-state index contributed by atoms with van der Waals surface area (Å²) >= 11 is 0. The van der Waals surface area contributed by atoms with Crippen LogP contribution >= 0.6 is 0 Å². The van der Waals surface area contributed by atoms with Crippen molar-refractivity contribution in [2.24, 2.45) is 5.73 Å². The Bertz CT molecular complexity index is 402. The predicted molar refractivity (Wildman–Crippen MR) is 52.6 cm³/mol. The summed E-state index contributed by atoms with van der Waals surface area (Å²) in [6.07, 6.45) is 0.442. The first-order valence-corrected chi connectivity index (χ1v) is 4.10. The summed E-state index contributed by atoms with van der Waals surface area (Å²) < 4.78 is 0. The molecule has 0 saturated heterocycles. The van der Waals surface area contributed by atoms with Gasteiger partial charge in [-0.25, -0.2) is 0 Å². The molecule has 0 saturated carbocycles. The summed E-state index contributed by atoms with van der Waals surface area (Å²) in [5.74, 6) is 0. The van der Waals surface area contributed by atoms with E-state index in [-0.39, 0.29) is 5.57 Å². The van der Waals surface area contributed by atoms with Gasteiger partial charge in [0.2, 0.25) is 0 Å². The van der Waals surface area contributed by atoms with E-state index in [9.17, 15) is 0 Å². The third-order valence-electron chi connectivity index (χ3n) is 1.78. The molecule has 0 heterocycles. The average molecular weight is 183 g/mol. The van der Waals surface area contributed by atoms with Crippen LogP contribution in [0, 0.1) is 22.7 Å². The van der Waals surface area contributed by atoms with Crippen molar-refractivity contribution in [3.05, 3.63) is 47.2 Å². The molecule has 1 aromatic rings. The second kappa shape index (κ2) is 4.69. The maximum absolute atomic E-state index is 8.56. The average Bonchev–Trinajstić information content (AvgIpc) is 2.21. The highest BCUT2D eigenvalue weighted by Crippen LogP contribution is 2.06. The Morgan fingerprint density at radius 1 is 1.14 bits per heavy atom. The molecule has 14 heavy (non-hydrogen) atoms. The number of rotatable bonds is 2. The molecule has 0 aliphatic heterocycles. The fourth-order valence-corrected chi connectivity index (χ4v) is 1.07. The van der Waals surface area contributed by atoms with Crippen LogP contribution in [0.25, 0.3) is 0 Å². The fraction of sp³-hybridized carbons (Fsp3) is 0.0909. The van der Waals surface area contributed by atoms with Gasteiger partial charge in [0.15, 0.2) is 0 Å². The molecule has 0 spiro atoms. The molecule has 0 aliphatic carbocycles. The predicted octanol–water partition coefficient (Wildman–Crippen LogP) is 1.49. The third kappa shape index (κ3) is 2.36. The number of benzene rings is 1. The van der Waals surface area contributed by atoms with E-state index in [1.54, 1.807) is 12.1 Å². The standard InChI is InChI=1S/C11H9N3/c12-7-10(8-13)11(14)6-9-4-2-1-3-5-9/h1-5H,6,14H2. The lowest BCUT2D eigenvalue weighted by Crippen LogP contribution is -2.04. The van der Waals surface area contributed by atoms with Gasteiger partial charge >= 0.3 is 0 Å². The van der Waals surface area contributed by atoms with Crippen LogP contribution < -0.4 is 5.73 Å². The van der Waals surface area contributed by atoms with Gasteiger partial charge < -0.3 is 5.73 Å². The van der Waals surface area contributed by atoms with E-state index < -0.39 is 0 Å². The lowest BCUT2D eigenvalue weighted by Gasteiger charge is -2.00. The number of hydrogen-bond donors (Lipinski definition) is 1. The van der Waals surface area contributed by atoms with Crippen molar-refractivity contribution in [2.75, 3.05) is 0 Å². The number of nitriles is 2. The highest BCUT2D eigenvalue weighted by molar-refractivity contribution is 5.40. The zero-order valence-electron chi connectivity index (χ0n) is 7.57. The van der Waals surface area contributed by atoms with Crippen LogP contribution in [0.15, 0.2) is 41.6 Å². The van der Waals surface area contributed by atoms with Gasteiger partial charge in [-0.2, -0.15) is 10.5 Å². The monoisotopic (exact) mass is 183 g/mol. The molecule has 0 aliphatic rings. The molecule has 3 nitrogen and oxygen atoms in total. The number of hydrogen-bond acceptors (Lipinski definition) is 3. The topological polar surface area (TPSA) is 73.6 Å². The van der Waals surface area contributed by atoms with Crippen molar-refractivity contribution < 1.29 is 0 Å². The summed E-state index contributed by atoms with van der Waals surface area (Å²) in [7, 11) is 0. The van der Waals surface area contributed by atoms with E-state index in [4.69, 9.17) is 16.3 Å². The molecule has 68 valence electrons. The Morgan fingerprint density at radius 3 is 2.21 bits per heavy atom. The Morgan fingerprint density at radius 2 is 1.71 bits per heavy atom. The smallest absolute Gasteiger partial charge is 0.148 e. The lowest BCUT2D eigenvalue weighted by molar-refractivity contribution is 1.09. The zero-order valence-corrected chi connectivity index (χ0v) is 7.57. The molecular weight excluding hydrogens is 174 g/mol. The third-order valence-corrected chi connectivity index (χ3v) is 1.78. The van der Waals surface area contributed by atoms with Gasteiger partial charge in [-0.05, 0) is 5.56 Å². The quantitative estimate of drug-likeness (QED) is 0.706. The first-order valence-electron chi connectivity index (χ1n) is 4.10. The van der Waals surface area contributed by atoms with Crippen LogP contribution in [0.1, 0.15) is 5.56 Å². The molecule has 0 fully saturated rings. The molecule has 3 heteroatoms. The van der Waals surface area contributed by atoms with E-state index in [1.165, 1.54) is 0 Å². The van der Waals surface area contributed by atoms with Crippen LogP contribution in [0.2, 0.25) is 0 Å². The molecule has 0 bridgehead atoms. The number of allylic oxidation sites excluding steroid dienone is 2. The van der Waals surface area contributed by atoms with Crippen molar-refractivity contribution in [2.45, 2.75) is 6.42 Å². The first-order chi connectivity index (χ1) is 6.77. The van der Waals surface area contributed by atoms with E-state index in [0.29, 0.717) is 12.1 Å². The lowest BCUT2D eigenvalue weighted by atomic mass is 10.1. The molecule has 1 aromatic carbocycles. The Balaban J connectivity index is 2.87.